The summed E-state index contributed by atoms with van der Waals surface area (Å²) >= 11 is 0. The maximum Gasteiger partial charge on any atom is 0.335 e. The summed E-state index contributed by atoms with van der Waals surface area (Å²) in [5.41, 5.74) is 0.951. The van der Waals surface area contributed by atoms with Crippen LogP contribution < -0.4 is 10.2 Å². The number of aromatic carboxylic acids is 2. The standard InChI is InChI=1S/C9H10O3.C7H6O3/c1-2-6-5-7(10)3-4-8(6)9(11)12;8-6-3-1-5(2-4-6)7(9)10/h3-5,10H,2H2,1H3,(H,11,12);1-4,8H,(H,9,10)/p-2. The SMILES string of the molecule is CCc1cc([O-])ccc1C(=O)O.O=C(O)c1ccc([O-])cc1. The van der Waals surface area contributed by atoms with Crippen LogP contribution >= 0.6 is 0 Å². The molecule has 2 rings (SSSR count). The molecule has 0 aliphatic rings. The van der Waals surface area contributed by atoms with Crippen LogP contribution in [-0.4, -0.2) is 22.2 Å². The highest BCUT2D eigenvalue weighted by Gasteiger charge is 2.06. The molecule has 0 fully saturated rings. The zero-order valence-corrected chi connectivity index (χ0v) is 11.8. The summed E-state index contributed by atoms with van der Waals surface area (Å²) in [6.07, 6.45) is 0.567. The van der Waals surface area contributed by atoms with Gasteiger partial charge in [0.2, 0.25) is 0 Å². The average molecular weight is 302 g/mol. The second-order valence-corrected chi connectivity index (χ2v) is 4.31. The predicted octanol–water partition coefficient (Wildman–Crippen LogP) is 1.48. The summed E-state index contributed by atoms with van der Waals surface area (Å²) in [4.78, 5) is 20.8. The van der Waals surface area contributed by atoms with Gasteiger partial charge in [0.15, 0.2) is 0 Å². The van der Waals surface area contributed by atoms with Gasteiger partial charge < -0.3 is 20.4 Å². The van der Waals surface area contributed by atoms with Gasteiger partial charge >= 0.3 is 11.9 Å². The van der Waals surface area contributed by atoms with Crippen LogP contribution in [-0.2, 0) is 6.42 Å². The van der Waals surface area contributed by atoms with Crippen LogP contribution in [0.5, 0.6) is 11.5 Å². The third-order valence-corrected chi connectivity index (χ3v) is 2.79. The van der Waals surface area contributed by atoms with Crippen molar-refractivity contribution in [1.29, 1.82) is 0 Å². The number of carbonyl (C=O) groups is 2. The smallest absolute Gasteiger partial charge is 0.335 e. The Morgan fingerprint density at radius 2 is 1.45 bits per heavy atom. The normalized spacial score (nSPS) is 9.50. The summed E-state index contributed by atoms with van der Waals surface area (Å²) in [6, 6.07) is 9.00. The van der Waals surface area contributed by atoms with Crippen LogP contribution in [0.2, 0.25) is 0 Å². The lowest BCUT2D eigenvalue weighted by Gasteiger charge is -2.09. The molecule has 0 atom stereocenters. The third-order valence-electron chi connectivity index (χ3n) is 2.79. The van der Waals surface area contributed by atoms with Gasteiger partial charge in [-0.15, -0.1) is 11.5 Å². The lowest BCUT2D eigenvalue weighted by Crippen LogP contribution is -2.02. The quantitative estimate of drug-likeness (QED) is 0.885. The molecule has 0 bridgehead atoms. The molecule has 0 spiro atoms. The van der Waals surface area contributed by atoms with Gasteiger partial charge in [-0.2, -0.15) is 0 Å². The van der Waals surface area contributed by atoms with Crippen molar-refractivity contribution in [2.45, 2.75) is 13.3 Å². The first kappa shape index (κ1) is 17.0. The highest BCUT2D eigenvalue weighted by molar-refractivity contribution is 5.89. The largest absolute Gasteiger partial charge is 0.872 e. The summed E-state index contributed by atoms with van der Waals surface area (Å²) in [5, 5.41) is 38.3. The zero-order chi connectivity index (χ0) is 16.7. The number of hydrogen-bond donors (Lipinski definition) is 2. The summed E-state index contributed by atoms with van der Waals surface area (Å²) in [6.45, 7) is 1.82. The fourth-order valence-electron chi connectivity index (χ4n) is 1.67. The van der Waals surface area contributed by atoms with Gasteiger partial charge in [0.05, 0.1) is 11.1 Å². The van der Waals surface area contributed by atoms with E-state index in [4.69, 9.17) is 10.2 Å². The highest BCUT2D eigenvalue weighted by Crippen LogP contribution is 2.14. The monoisotopic (exact) mass is 302 g/mol. The van der Waals surface area contributed by atoms with Crippen LogP contribution in [0.25, 0.3) is 0 Å². The molecule has 0 aliphatic heterocycles. The summed E-state index contributed by atoms with van der Waals surface area (Å²) < 4.78 is 0. The minimum Gasteiger partial charge on any atom is -0.872 e. The Balaban J connectivity index is 0.000000224. The van der Waals surface area contributed by atoms with Gasteiger partial charge in [-0.3, -0.25) is 0 Å². The Morgan fingerprint density at radius 3 is 1.91 bits per heavy atom. The van der Waals surface area contributed by atoms with Gasteiger partial charge in [-0.05, 0) is 30.2 Å². The van der Waals surface area contributed by atoms with E-state index < -0.39 is 11.9 Å². The average Bonchev–Trinajstić information content (AvgIpc) is 2.47. The van der Waals surface area contributed by atoms with Crippen molar-refractivity contribution in [1.82, 2.24) is 0 Å². The maximum atomic E-state index is 10.8. The number of rotatable bonds is 3. The first-order chi connectivity index (χ1) is 10.3. The van der Waals surface area contributed by atoms with Gasteiger partial charge in [0, 0.05) is 0 Å². The van der Waals surface area contributed by atoms with Gasteiger partial charge in [0.1, 0.15) is 0 Å². The second-order valence-electron chi connectivity index (χ2n) is 4.31. The highest BCUT2D eigenvalue weighted by atomic mass is 16.4. The van der Waals surface area contributed by atoms with E-state index in [1.165, 1.54) is 42.5 Å². The number of carboxylic acids is 2. The number of carboxylic acid groups (broad SMARTS) is 2. The molecule has 0 radical (unpaired) electrons. The lowest BCUT2D eigenvalue weighted by molar-refractivity contribution is -0.269. The summed E-state index contributed by atoms with van der Waals surface area (Å²) in [5.74, 6) is -2.31. The molecular weight excluding hydrogens is 288 g/mol. The molecule has 2 aromatic carbocycles. The fraction of sp³-hybridized carbons (Fsp3) is 0.125. The Bertz CT molecular complexity index is 661. The minimum atomic E-state index is -1.01. The van der Waals surface area contributed by atoms with E-state index in [9.17, 15) is 19.8 Å². The lowest BCUT2D eigenvalue weighted by atomic mass is 10.1. The Hall–Kier alpha value is -3.02. The molecule has 0 saturated heterocycles. The van der Waals surface area contributed by atoms with Gasteiger partial charge in [-0.25, -0.2) is 9.59 Å². The molecule has 0 saturated carbocycles. The van der Waals surface area contributed by atoms with Crippen LogP contribution in [0.15, 0.2) is 42.5 Å². The van der Waals surface area contributed by atoms with E-state index in [0.717, 1.165) is 0 Å². The van der Waals surface area contributed by atoms with Crippen molar-refractivity contribution in [3.8, 4) is 11.5 Å². The molecular formula is C16H14O6-2. The van der Waals surface area contributed by atoms with E-state index in [1.807, 2.05) is 6.92 Å². The second kappa shape index (κ2) is 7.68. The molecule has 0 aliphatic carbocycles. The van der Waals surface area contributed by atoms with Crippen LogP contribution in [0.3, 0.4) is 0 Å². The molecule has 0 aromatic heterocycles. The number of aryl methyl sites for hydroxylation is 1. The molecule has 22 heavy (non-hydrogen) atoms. The van der Waals surface area contributed by atoms with E-state index in [-0.39, 0.29) is 22.6 Å². The van der Waals surface area contributed by atoms with E-state index in [2.05, 4.69) is 0 Å². The van der Waals surface area contributed by atoms with E-state index in [0.29, 0.717) is 12.0 Å². The number of benzene rings is 2. The number of hydrogen-bond acceptors (Lipinski definition) is 4. The van der Waals surface area contributed by atoms with Crippen molar-refractivity contribution in [3.05, 3.63) is 59.2 Å². The first-order valence-corrected chi connectivity index (χ1v) is 6.38. The van der Waals surface area contributed by atoms with Crippen molar-refractivity contribution in [2.24, 2.45) is 0 Å². The molecule has 0 heterocycles. The molecule has 116 valence electrons. The van der Waals surface area contributed by atoms with E-state index in [1.54, 1.807) is 0 Å². The third kappa shape index (κ3) is 4.82. The summed E-state index contributed by atoms with van der Waals surface area (Å²) in [7, 11) is 0. The van der Waals surface area contributed by atoms with Crippen molar-refractivity contribution in [2.75, 3.05) is 0 Å². The van der Waals surface area contributed by atoms with Crippen LogP contribution in [0, 0.1) is 0 Å². The van der Waals surface area contributed by atoms with E-state index >= 15 is 0 Å². The molecule has 2 aromatic rings. The van der Waals surface area contributed by atoms with Crippen molar-refractivity contribution in [3.63, 3.8) is 0 Å². The van der Waals surface area contributed by atoms with Crippen molar-refractivity contribution < 1.29 is 30.0 Å². The van der Waals surface area contributed by atoms with Gasteiger partial charge in [0.25, 0.3) is 0 Å². The Morgan fingerprint density at radius 1 is 0.909 bits per heavy atom. The Labute approximate surface area is 126 Å². The molecule has 2 N–H and O–H groups in total. The topological polar surface area (TPSA) is 121 Å². The van der Waals surface area contributed by atoms with Crippen LogP contribution in [0.4, 0.5) is 0 Å². The predicted molar refractivity (Wildman–Crippen MR) is 75.1 cm³/mol. The van der Waals surface area contributed by atoms with Crippen molar-refractivity contribution >= 4 is 11.9 Å². The molecule has 0 amide bonds. The molecule has 6 heteroatoms. The fourth-order valence-corrected chi connectivity index (χ4v) is 1.67. The van der Waals surface area contributed by atoms with Gasteiger partial charge in [-0.1, -0.05) is 31.2 Å². The zero-order valence-electron chi connectivity index (χ0n) is 11.8. The Kier molecular flexibility index (Phi) is 5.95. The molecule has 0 unspecified atom stereocenters. The van der Waals surface area contributed by atoms with Crippen LogP contribution in [0.1, 0.15) is 33.2 Å². The first-order valence-electron chi connectivity index (χ1n) is 6.38. The minimum absolute atomic E-state index is 0.139. The molecule has 6 nitrogen and oxygen atoms in total. The maximum absolute atomic E-state index is 10.8.